The van der Waals surface area contributed by atoms with Crippen LogP contribution in [-0.2, 0) is 0 Å². The van der Waals surface area contributed by atoms with Crippen molar-refractivity contribution >= 4 is 17.3 Å². The van der Waals surface area contributed by atoms with Crippen molar-refractivity contribution in [1.82, 2.24) is 4.98 Å². The summed E-state index contributed by atoms with van der Waals surface area (Å²) in [7, 11) is 0. The Balaban J connectivity index is 2.27. The summed E-state index contributed by atoms with van der Waals surface area (Å²) in [5.74, 6) is 0. The number of nitrogens with zero attached hydrogens (tertiary/aromatic N) is 2. The molecule has 6 nitrogen and oxygen atoms in total. The number of rotatable bonds is 3. The van der Waals surface area contributed by atoms with E-state index in [2.05, 4.69) is 4.98 Å². The summed E-state index contributed by atoms with van der Waals surface area (Å²) >= 11 is 6.19. The number of nitro benzene ring substituents is 1. The fourth-order valence-electron chi connectivity index (χ4n) is 2.51. The molecule has 0 saturated carbocycles. The second kappa shape index (κ2) is 6.59. The predicted octanol–water partition coefficient (Wildman–Crippen LogP) is 4.14. The molecule has 0 unspecified atom stereocenters. The Bertz CT molecular complexity index is 1080. The zero-order valence-electron chi connectivity index (χ0n) is 12.7. The Labute approximate surface area is 147 Å². The molecule has 1 N–H and O–H groups in total. The number of H-pyrrole nitrogens is 1. The minimum atomic E-state index is -0.582. The Hall–Kier alpha value is -3.43. The topological polar surface area (TPSA) is 99.8 Å². The molecule has 1 aromatic heterocycles. The van der Waals surface area contributed by atoms with E-state index in [9.17, 15) is 20.2 Å². The van der Waals surface area contributed by atoms with Gasteiger partial charge in [0.2, 0.25) is 0 Å². The SMILES string of the molecule is N#Cc1c(-c2ccccc2Cl)cc(-c2cccc([N+](=O)[O-])c2)[nH]c1=O. The van der Waals surface area contributed by atoms with E-state index < -0.39 is 10.5 Å². The molecule has 7 heteroatoms. The molecule has 0 saturated heterocycles. The van der Waals surface area contributed by atoms with Crippen LogP contribution in [0.3, 0.4) is 0 Å². The Morgan fingerprint density at radius 3 is 2.52 bits per heavy atom. The number of aromatic amines is 1. The third kappa shape index (κ3) is 3.13. The summed E-state index contributed by atoms with van der Waals surface area (Å²) in [5, 5.41) is 20.7. The number of halogens is 1. The molecule has 3 aromatic rings. The molecule has 0 atom stereocenters. The number of non-ortho nitro benzene ring substituents is 1. The Kier molecular flexibility index (Phi) is 4.33. The molecule has 0 aliphatic carbocycles. The molecule has 25 heavy (non-hydrogen) atoms. The molecule has 122 valence electrons. The molecular formula is C18H10ClN3O3. The largest absolute Gasteiger partial charge is 0.321 e. The minimum absolute atomic E-state index is 0.0673. The average molecular weight is 352 g/mol. The summed E-state index contributed by atoms with van der Waals surface area (Å²) in [6.07, 6.45) is 0. The highest BCUT2D eigenvalue weighted by molar-refractivity contribution is 6.33. The quantitative estimate of drug-likeness (QED) is 0.566. The van der Waals surface area contributed by atoms with Crippen molar-refractivity contribution in [1.29, 1.82) is 5.26 Å². The zero-order valence-corrected chi connectivity index (χ0v) is 13.4. The van der Waals surface area contributed by atoms with E-state index >= 15 is 0 Å². The van der Waals surface area contributed by atoms with Crippen molar-refractivity contribution < 1.29 is 4.92 Å². The number of nitriles is 1. The van der Waals surface area contributed by atoms with Gasteiger partial charge in [-0.05, 0) is 12.1 Å². The van der Waals surface area contributed by atoms with Gasteiger partial charge in [-0.1, -0.05) is 41.9 Å². The molecule has 0 aliphatic rings. The van der Waals surface area contributed by atoms with E-state index in [-0.39, 0.29) is 11.3 Å². The van der Waals surface area contributed by atoms with Crippen molar-refractivity contribution in [2.45, 2.75) is 0 Å². The van der Waals surface area contributed by atoms with Gasteiger partial charge in [-0.3, -0.25) is 14.9 Å². The first-order valence-corrected chi connectivity index (χ1v) is 7.56. The van der Waals surface area contributed by atoms with Gasteiger partial charge < -0.3 is 4.98 Å². The smallest absolute Gasteiger partial charge is 0.270 e. The summed E-state index contributed by atoms with van der Waals surface area (Å²) in [6, 6.07) is 16.2. The highest BCUT2D eigenvalue weighted by Crippen LogP contribution is 2.31. The van der Waals surface area contributed by atoms with Crippen LogP contribution in [0.25, 0.3) is 22.4 Å². The van der Waals surface area contributed by atoms with Crippen LogP contribution >= 0.6 is 11.6 Å². The molecule has 0 amide bonds. The van der Waals surface area contributed by atoms with Crippen LogP contribution in [-0.4, -0.2) is 9.91 Å². The van der Waals surface area contributed by atoms with E-state index in [1.807, 2.05) is 6.07 Å². The van der Waals surface area contributed by atoms with E-state index in [0.717, 1.165) is 0 Å². The molecule has 2 aromatic carbocycles. The molecule has 0 aliphatic heterocycles. The van der Waals surface area contributed by atoms with Gasteiger partial charge in [0.15, 0.2) is 0 Å². The Morgan fingerprint density at radius 1 is 1.08 bits per heavy atom. The van der Waals surface area contributed by atoms with Gasteiger partial charge in [0.1, 0.15) is 11.6 Å². The highest BCUT2D eigenvalue weighted by atomic mass is 35.5. The lowest BCUT2D eigenvalue weighted by Gasteiger charge is -2.09. The third-order valence-corrected chi connectivity index (χ3v) is 4.01. The minimum Gasteiger partial charge on any atom is -0.321 e. The van der Waals surface area contributed by atoms with Crippen LogP contribution < -0.4 is 5.56 Å². The highest BCUT2D eigenvalue weighted by Gasteiger charge is 2.15. The van der Waals surface area contributed by atoms with Crippen molar-refractivity contribution in [2.24, 2.45) is 0 Å². The summed E-state index contributed by atoms with van der Waals surface area (Å²) in [5.41, 5.74) is 0.995. The number of nitro groups is 1. The van der Waals surface area contributed by atoms with Gasteiger partial charge in [-0.25, -0.2) is 0 Å². The fraction of sp³-hybridized carbons (Fsp3) is 0. The van der Waals surface area contributed by atoms with Crippen LogP contribution in [0.4, 0.5) is 5.69 Å². The molecule has 0 bridgehead atoms. The maximum Gasteiger partial charge on any atom is 0.270 e. The van der Waals surface area contributed by atoms with E-state index in [1.54, 1.807) is 36.4 Å². The molecule has 0 fully saturated rings. The van der Waals surface area contributed by atoms with Gasteiger partial charge in [-0.2, -0.15) is 5.26 Å². The predicted molar refractivity (Wildman–Crippen MR) is 94.3 cm³/mol. The van der Waals surface area contributed by atoms with Crippen LogP contribution in [0.15, 0.2) is 59.4 Å². The van der Waals surface area contributed by atoms with Crippen molar-refractivity contribution in [2.75, 3.05) is 0 Å². The van der Waals surface area contributed by atoms with Crippen molar-refractivity contribution in [3.05, 3.63) is 85.7 Å². The number of nitrogens with one attached hydrogen (secondary N) is 1. The van der Waals surface area contributed by atoms with Crippen molar-refractivity contribution in [3.8, 4) is 28.5 Å². The van der Waals surface area contributed by atoms with E-state index in [1.165, 1.54) is 18.2 Å². The summed E-state index contributed by atoms with van der Waals surface area (Å²) in [4.78, 5) is 25.4. The maximum absolute atomic E-state index is 12.3. The first-order valence-electron chi connectivity index (χ1n) is 7.18. The number of hydrogen-bond acceptors (Lipinski definition) is 4. The number of benzene rings is 2. The lowest BCUT2D eigenvalue weighted by atomic mass is 9.99. The maximum atomic E-state index is 12.3. The van der Waals surface area contributed by atoms with Crippen LogP contribution in [0.5, 0.6) is 0 Å². The normalized spacial score (nSPS) is 10.2. The number of aromatic nitrogens is 1. The van der Waals surface area contributed by atoms with Gasteiger partial charge >= 0.3 is 0 Å². The first-order chi connectivity index (χ1) is 12.0. The third-order valence-electron chi connectivity index (χ3n) is 3.68. The molecular weight excluding hydrogens is 342 g/mol. The molecule has 0 spiro atoms. The number of hydrogen-bond donors (Lipinski definition) is 1. The lowest BCUT2D eigenvalue weighted by Crippen LogP contribution is -2.12. The van der Waals surface area contributed by atoms with Crippen LogP contribution in [0.1, 0.15) is 5.56 Å². The fourth-order valence-corrected chi connectivity index (χ4v) is 2.74. The van der Waals surface area contributed by atoms with Crippen LogP contribution in [0, 0.1) is 21.4 Å². The first kappa shape index (κ1) is 16.4. The molecule has 1 heterocycles. The van der Waals surface area contributed by atoms with Gasteiger partial charge in [0.05, 0.1) is 4.92 Å². The summed E-state index contributed by atoms with van der Waals surface area (Å²) < 4.78 is 0. The Morgan fingerprint density at radius 2 is 1.84 bits per heavy atom. The van der Waals surface area contributed by atoms with E-state index in [0.29, 0.717) is 27.4 Å². The summed E-state index contributed by atoms with van der Waals surface area (Å²) in [6.45, 7) is 0. The lowest BCUT2D eigenvalue weighted by molar-refractivity contribution is -0.384. The van der Waals surface area contributed by atoms with E-state index in [4.69, 9.17) is 11.6 Å². The van der Waals surface area contributed by atoms with Crippen molar-refractivity contribution in [3.63, 3.8) is 0 Å². The van der Waals surface area contributed by atoms with Crippen LogP contribution in [0.2, 0.25) is 5.02 Å². The van der Waals surface area contributed by atoms with Gasteiger partial charge in [0, 0.05) is 39.5 Å². The second-order valence-corrected chi connectivity index (χ2v) is 5.61. The van der Waals surface area contributed by atoms with Gasteiger partial charge in [-0.15, -0.1) is 0 Å². The van der Waals surface area contributed by atoms with Gasteiger partial charge in [0.25, 0.3) is 11.2 Å². The number of pyridine rings is 1. The molecule has 0 radical (unpaired) electrons. The standard InChI is InChI=1S/C18H10ClN3O3/c19-16-7-2-1-6-13(16)14-9-17(21-18(23)15(14)10-20)11-4-3-5-12(8-11)22(24)25/h1-9H,(H,21,23). The second-order valence-electron chi connectivity index (χ2n) is 5.20. The molecule has 3 rings (SSSR count). The monoisotopic (exact) mass is 351 g/mol. The zero-order chi connectivity index (χ0) is 18.0. The average Bonchev–Trinajstić information content (AvgIpc) is 2.61.